The lowest BCUT2D eigenvalue weighted by Crippen LogP contribution is -1.97. The minimum Gasteiger partial charge on any atom is -0.256 e. The molecule has 5 heteroatoms. The normalized spacial score (nSPS) is 11.7. The van der Waals surface area contributed by atoms with Gasteiger partial charge in [0.1, 0.15) is 0 Å². The van der Waals surface area contributed by atoms with Crippen LogP contribution in [0.3, 0.4) is 0 Å². The summed E-state index contributed by atoms with van der Waals surface area (Å²) in [5, 5.41) is 4.94. The van der Waals surface area contributed by atoms with Gasteiger partial charge in [0.15, 0.2) is 5.82 Å². The van der Waals surface area contributed by atoms with E-state index in [-0.39, 0.29) is 0 Å². The molecular formula is C56H37N3S2. The predicted molar refractivity (Wildman–Crippen MR) is 262 cm³/mol. The van der Waals surface area contributed by atoms with E-state index in [4.69, 9.17) is 9.97 Å². The van der Waals surface area contributed by atoms with E-state index in [1.165, 1.54) is 40.7 Å². The van der Waals surface area contributed by atoms with Gasteiger partial charge in [0, 0.05) is 63.4 Å². The van der Waals surface area contributed by atoms with Gasteiger partial charge in [0.2, 0.25) is 0 Å². The number of para-hydroxylation sites is 1. The zero-order valence-electron chi connectivity index (χ0n) is 33.3. The average Bonchev–Trinajstić information content (AvgIpc) is 3.86. The maximum absolute atomic E-state index is 5.37. The van der Waals surface area contributed by atoms with Crippen molar-refractivity contribution in [2.24, 2.45) is 0 Å². The third-order valence-electron chi connectivity index (χ3n) is 11.5. The van der Waals surface area contributed by atoms with E-state index in [0.29, 0.717) is 5.82 Å². The molecule has 0 spiro atoms. The first-order valence-electron chi connectivity index (χ1n) is 20.4. The van der Waals surface area contributed by atoms with E-state index in [2.05, 4.69) is 182 Å². The number of hydrogen-bond donors (Lipinski definition) is 0. The highest BCUT2D eigenvalue weighted by molar-refractivity contribution is 7.25. The second kappa shape index (κ2) is 15.4. The minimum absolute atomic E-state index is 0.675. The number of pyridine rings is 1. The number of hydrogen-bond acceptors (Lipinski definition) is 5. The van der Waals surface area contributed by atoms with Crippen molar-refractivity contribution >= 4 is 69.9 Å². The van der Waals surface area contributed by atoms with E-state index in [0.717, 1.165) is 72.4 Å². The molecule has 7 aromatic carbocycles. The van der Waals surface area contributed by atoms with E-state index >= 15 is 0 Å². The Balaban J connectivity index is 1.10. The molecule has 0 aliphatic heterocycles. The molecule has 0 unspecified atom stereocenters. The molecule has 0 saturated heterocycles. The monoisotopic (exact) mass is 815 g/mol. The Morgan fingerprint density at radius 3 is 1.84 bits per heavy atom. The molecule has 0 atom stereocenters. The number of benzene rings is 7. The number of rotatable bonds is 8. The first-order chi connectivity index (χ1) is 30.1. The van der Waals surface area contributed by atoms with Crippen LogP contribution in [0.4, 0.5) is 0 Å². The van der Waals surface area contributed by atoms with Crippen LogP contribution in [0.15, 0.2) is 195 Å². The Morgan fingerprint density at radius 2 is 1.07 bits per heavy atom. The summed E-state index contributed by atoms with van der Waals surface area (Å²) in [6, 6.07) is 60.9. The van der Waals surface area contributed by atoms with Crippen molar-refractivity contribution in [3.05, 3.63) is 205 Å². The molecular weight excluding hydrogens is 779 g/mol. The summed E-state index contributed by atoms with van der Waals surface area (Å²) in [5.74, 6) is 0.675. The van der Waals surface area contributed by atoms with Crippen LogP contribution in [-0.2, 0) is 0 Å². The van der Waals surface area contributed by atoms with Crippen LogP contribution in [0.1, 0.15) is 10.4 Å². The van der Waals surface area contributed by atoms with Crippen LogP contribution in [0, 0.1) is 6.92 Å². The first kappa shape index (κ1) is 36.7. The topological polar surface area (TPSA) is 38.7 Å². The van der Waals surface area contributed by atoms with Crippen molar-refractivity contribution in [1.82, 2.24) is 15.0 Å². The Labute approximate surface area is 362 Å². The summed E-state index contributed by atoms with van der Waals surface area (Å²) < 4.78 is 3.86. The average molecular weight is 816 g/mol. The van der Waals surface area contributed by atoms with Gasteiger partial charge in [-0.2, -0.15) is 0 Å². The summed E-state index contributed by atoms with van der Waals surface area (Å²) in [5.41, 5.74) is 13.8. The molecule has 0 bridgehead atoms. The van der Waals surface area contributed by atoms with Crippen LogP contribution in [0.25, 0.3) is 115 Å². The molecule has 0 aliphatic carbocycles. The van der Waals surface area contributed by atoms with Crippen molar-refractivity contribution < 1.29 is 0 Å². The third-order valence-corrected chi connectivity index (χ3v) is 13.7. The largest absolute Gasteiger partial charge is 0.256 e. The van der Waals surface area contributed by atoms with Gasteiger partial charge in [-0.3, -0.25) is 4.98 Å². The lowest BCUT2D eigenvalue weighted by molar-refractivity contribution is 1.18. The molecule has 61 heavy (non-hydrogen) atoms. The molecule has 4 heterocycles. The van der Waals surface area contributed by atoms with E-state index < -0.39 is 0 Å². The van der Waals surface area contributed by atoms with Gasteiger partial charge < -0.3 is 0 Å². The molecule has 0 saturated carbocycles. The summed E-state index contributed by atoms with van der Waals surface area (Å²) in [6.45, 7) is 6.12. The van der Waals surface area contributed by atoms with Crippen molar-refractivity contribution in [2.45, 2.75) is 6.92 Å². The van der Waals surface area contributed by atoms with Crippen molar-refractivity contribution in [3.63, 3.8) is 0 Å². The number of aryl methyl sites for hydroxylation is 1. The highest BCUT2D eigenvalue weighted by Gasteiger charge is 2.16. The van der Waals surface area contributed by atoms with Crippen molar-refractivity contribution in [1.29, 1.82) is 0 Å². The molecule has 3 nitrogen and oxygen atoms in total. The third kappa shape index (κ3) is 6.84. The summed E-state index contributed by atoms with van der Waals surface area (Å²) >= 11 is 3.67. The maximum atomic E-state index is 5.37. The highest BCUT2D eigenvalue weighted by Crippen LogP contribution is 2.41. The number of fused-ring (bicyclic) bond motifs is 5. The van der Waals surface area contributed by atoms with Crippen molar-refractivity contribution in [3.8, 4) is 67.3 Å². The van der Waals surface area contributed by atoms with Gasteiger partial charge in [-0.25, -0.2) is 9.97 Å². The molecule has 0 radical (unpaired) electrons. The fraction of sp³-hybridized carbons (Fsp3) is 0.0179. The van der Waals surface area contributed by atoms with E-state index in [1.807, 2.05) is 53.2 Å². The highest BCUT2D eigenvalue weighted by atomic mass is 32.1. The second-order valence-corrected chi connectivity index (χ2v) is 17.6. The first-order valence-corrected chi connectivity index (χ1v) is 22.0. The summed E-state index contributed by atoms with van der Waals surface area (Å²) in [7, 11) is 0. The minimum atomic E-state index is 0.675. The van der Waals surface area contributed by atoms with Gasteiger partial charge >= 0.3 is 0 Å². The van der Waals surface area contributed by atoms with Gasteiger partial charge in [0.05, 0.1) is 16.9 Å². The number of aromatic nitrogens is 3. The van der Waals surface area contributed by atoms with Gasteiger partial charge in [-0.1, -0.05) is 128 Å². The number of thiophene rings is 2. The van der Waals surface area contributed by atoms with Crippen LogP contribution in [-0.4, -0.2) is 15.0 Å². The van der Waals surface area contributed by atoms with Crippen LogP contribution in [0.5, 0.6) is 0 Å². The Morgan fingerprint density at radius 1 is 0.459 bits per heavy atom. The molecule has 0 amide bonds. The number of nitrogens with zero attached hydrogens (tertiary/aromatic N) is 3. The zero-order valence-corrected chi connectivity index (χ0v) is 35.0. The molecule has 0 N–H and O–H groups in total. The van der Waals surface area contributed by atoms with Gasteiger partial charge in [0.25, 0.3) is 0 Å². The second-order valence-electron chi connectivity index (χ2n) is 15.3. The van der Waals surface area contributed by atoms with Crippen molar-refractivity contribution in [2.75, 3.05) is 0 Å². The summed E-state index contributed by atoms with van der Waals surface area (Å²) in [6.07, 6.45) is 7.92. The Bertz CT molecular complexity index is 3500. The fourth-order valence-electron chi connectivity index (χ4n) is 8.43. The molecule has 11 rings (SSSR count). The van der Waals surface area contributed by atoms with E-state index in [9.17, 15) is 0 Å². The standard InChI is InChI=1S/C56H37N3S2/c1-3-4-14-44-35(2)60-54-25-23-39(32-48(44)54)41-29-42(40-24-26-55-49(33-40)47-16-9-11-18-53(47)61-55)31-43(30-41)52-34-51(37-12-6-5-7-13-37)58-56(59-52)38-21-19-36(20-22-38)45-27-28-57-50-17-10-8-15-46(45)50/h3-34H,1H2,2H3/b14-4-. The maximum Gasteiger partial charge on any atom is 0.160 e. The molecule has 288 valence electrons. The van der Waals surface area contributed by atoms with Crippen LogP contribution in [0.2, 0.25) is 0 Å². The Kier molecular flexibility index (Phi) is 9.26. The lowest BCUT2D eigenvalue weighted by Gasteiger charge is -2.14. The number of allylic oxidation sites excluding steroid dienone is 2. The zero-order chi connectivity index (χ0) is 40.9. The van der Waals surface area contributed by atoms with Crippen LogP contribution >= 0.6 is 22.7 Å². The van der Waals surface area contributed by atoms with Crippen LogP contribution < -0.4 is 0 Å². The quantitative estimate of drug-likeness (QED) is 0.143. The predicted octanol–water partition coefficient (Wildman–Crippen LogP) is 16.1. The van der Waals surface area contributed by atoms with Gasteiger partial charge in [-0.05, 0) is 113 Å². The SMILES string of the molecule is C=C/C=C\c1c(C)sc2ccc(-c3cc(-c4ccc5sc6ccccc6c5c4)cc(-c4cc(-c5ccccc5)nc(-c5ccc(-c6ccnc7ccccc67)cc5)n4)c3)cc12. The molecule has 4 aromatic heterocycles. The van der Waals surface area contributed by atoms with Gasteiger partial charge in [-0.15, -0.1) is 22.7 Å². The summed E-state index contributed by atoms with van der Waals surface area (Å²) in [4.78, 5) is 16.5. The molecule has 0 aliphatic rings. The fourth-order valence-corrected chi connectivity index (χ4v) is 10.6. The molecule has 0 fully saturated rings. The smallest absolute Gasteiger partial charge is 0.160 e. The van der Waals surface area contributed by atoms with E-state index in [1.54, 1.807) is 0 Å². The molecule has 11 aromatic rings. The Hall–Kier alpha value is -7.31. The lowest BCUT2D eigenvalue weighted by atomic mass is 9.93.